The highest BCUT2D eigenvalue weighted by molar-refractivity contribution is 6.35. The van der Waals surface area contributed by atoms with Gasteiger partial charge in [-0.25, -0.2) is 9.07 Å². The summed E-state index contributed by atoms with van der Waals surface area (Å²) in [4.78, 5) is 4.52. The molecule has 2 bridgehead atoms. The predicted octanol–water partition coefficient (Wildman–Crippen LogP) is 7.41. The Balaban J connectivity index is 1.29. The third-order valence-corrected chi connectivity index (χ3v) is 8.90. The van der Waals surface area contributed by atoms with E-state index in [4.69, 9.17) is 11.6 Å². The van der Waals surface area contributed by atoms with Crippen LogP contribution < -0.4 is 10.6 Å². The van der Waals surface area contributed by atoms with E-state index in [0.29, 0.717) is 39.1 Å². The van der Waals surface area contributed by atoms with Crippen molar-refractivity contribution in [2.24, 2.45) is 11.8 Å². The average molecular weight is 557 g/mol. The second kappa shape index (κ2) is 10.4. The molecular formula is C31H31ClFN7. The lowest BCUT2D eigenvalue weighted by Gasteiger charge is -2.39. The van der Waals surface area contributed by atoms with Gasteiger partial charge in [0, 0.05) is 23.3 Å². The highest BCUT2D eigenvalue weighted by Crippen LogP contribution is 2.42. The minimum Gasteiger partial charge on any atom is -0.381 e. The van der Waals surface area contributed by atoms with Crippen LogP contribution in [0.25, 0.3) is 10.9 Å². The molecular weight excluding hydrogens is 525 g/mol. The van der Waals surface area contributed by atoms with Gasteiger partial charge in [0.2, 0.25) is 0 Å². The van der Waals surface area contributed by atoms with Gasteiger partial charge in [-0.15, -0.1) is 5.10 Å². The smallest absolute Gasteiger partial charge is 0.123 e. The lowest BCUT2D eigenvalue weighted by atomic mass is 9.70. The van der Waals surface area contributed by atoms with E-state index in [9.17, 15) is 11.0 Å². The normalized spacial score (nSPS) is 24.1. The van der Waals surface area contributed by atoms with Gasteiger partial charge >= 0.3 is 0 Å². The number of hydrogen-bond acceptors (Lipinski definition) is 6. The molecule has 2 N–H and O–H groups in total. The van der Waals surface area contributed by atoms with Crippen LogP contribution in [-0.4, -0.2) is 26.0 Å². The van der Waals surface area contributed by atoms with Gasteiger partial charge in [0.05, 0.1) is 41.4 Å². The van der Waals surface area contributed by atoms with Crippen LogP contribution in [0.2, 0.25) is 5.02 Å². The standard InChI is InChI=1S/C31H31ClFN7/c32-27-14-24(37-30(20-4-6-22(33)7-5-20)28-17-40(39-38-28)25-8-9-25)13-26-29(21(15-34)16-35-31(26)27)36-23-11-18-2-1-3-19(10-18)12-23/h4-7,13-14,16-19,23,25,30,37H,1-3,8-12H2,(H,35,36)/t18-,19+,23?,30?/i30D. The minimum absolute atomic E-state index is 0.277. The zero-order valence-corrected chi connectivity index (χ0v) is 22.8. The topological polar surface area (TPSA) is 91.5 Å². The lowest BCUT2D eigenvalue weighted by molar-refractivity contribution is 0.178. The molecule has 4 atom stereocenters. The van der Waals surface area contributed by atoms with Gasteiger partial charge in [0.1, 0.15) is 17.6 Å². The van der Waals surface area contributed by atoms with Crippen LogP contribution in [0.5, 0.6) is 0 Å². The first-order chi connectivity index (χ1) is 19.9. The number of nitriles is 1. The maximum Gasteiger partial charge on any atom is 0.123 e. The van der Waals surface area contributed by atoms with Crippen LogP contribution in [0.15, 0.2) is 48.8 Å². The molecule has 40 heavy (non-hydrogen) atoms. The monoisotopic (exact) mass is 556 g/mol. The first kappa shape index (κ1) is 24.1. The molecule has 3 saturated carbocycles. The van der Waals surface area contributed by atoms with Crippen LogP contribution in [0.3, 0.4) is 0 Å². The number of fused-ring (bicyclic) bond motifs is 3. The highest BCUT2D eigenvalue weighted by atomic mass is 35.5. The minimum atomic E-state index is -1.58. The van der Waals surface area contributed by atoms with Gasteiger partial charge in [0.15, 0.2) is 0 Å². The number of anilines is 2. The Bertz CT molecular complexity index is 1630. The molecule has 0 spiro atoms. The second-order valence-electron chi connectivity index (χ2n) is 11.5. The lowest BCUT2D eigenvalue weighted by Crippen LogP contribution is -2.34. The number of nitrogens with zero attached hydrogens (tertiary/aromatic N) is 5. The Morgan fingerprint density at radius 1 is 1.10 bits per heavy atom. The zero-order chi connectivity index (χ0) is 28.1. The van der Waals surface area contributed by atoms with Gasteiger partial charge in [-0.1, -0.05) is 48.2 Å². The van der Waals surface area contributed by atoms with E-state index in [2.05, 4.69) is 32.0 Å². The summed E-state index contributed by atoms with van der Waals surface area (Å²) in [5.74, 6) is 1.07. The summed E-state index contributed by atoms with van der Waals surface area (Å²) in [7, 11) is 0. The molecule has 0 saturated heterocycles. The third kappa shape index (κ3) is 4.99. The molecule has 0 aliphatic heterocycles. The van der Waals surface area contributed by atoms with Crippen LogP contribution in [-0.2, 0) is 0 Å². The summed E-state index contributed by atoms with van der Waals surface area (Å²) in [5, 5.41) is 26.8. The Morgan fingerprint density at radius 2 is 1.88 bits per heavy atom. The molecule has 204 valence electrons. The first-order valence-electron chi connectivity index (χ1n) is 14.6. The molecule has 2 aromatic heterocycles. The summed E-state index contributed by atoms with van der Waals surface area (Å²) in [6, 6.07) is 10.8. The fourth-order valence-electron chi connectivity index (χ4n) is 6.58. The van der Waals surface area contributed by atoms with E-state index in [1.54, 1.807) is 35.3 Å². The number of halogens is 2. The molecule has 2 unspecified atom stereocenters. The molecule has 2 heterocycles. The molecule has 4 aromatic rings. The number of rotatable bonds is 7. The van der Waals surface area contributed by atoms with Crippen molar-refractivity contribution in [2.75, 3.05) is 10.6 Å². The van der Waals surface area contributed by atoms with Gasteiger partial charge in [0.25, 0.3) is 0 Å². The van der Waals surface area contributed by atoms with Crippen molar-refractivity contribution in [3.8, 4) is 6.07 Å². The van der Waals surface area contributed by atoms with Crippen LogP contribution in [0.4, 0.5) is 15.8 Å². The maximum atomic E-state index is 13.9. The van der Waals surface area contributed by atoms with Crippen molar-refractivity contribution in [3.63, 3.8) is 0 Å². The van der Waals surface area contributed by atoms with Crippen molar-refractivity contribution < 1.29 is 5.76 Å². The summed E-state index contributed by atoms with van der Waals surface area (Å²) in [5.41, 5.74) is 3.24. The molecule has 3 aliphatic carbocycles. The Hall–Kier alpha value is -3.70. The molecule has 7 nitrogen and oxygen atoms in total. The van der Waals surface area contributed by atoms with Crippen molar-refractivity contribution in [3.05, 3.63) is 76.5 Å². The molecule has 3 aliphatic rings. The van der Waals surface area contributed by atoms with Crippen LogP contribution in [0, 0.1) is 29.0 Å². The van der Waals surface area contributed by atoms with Crippen LogP contribution >= 0.6 is 11.6 Å². The van der Waals surface area contributed by atoms with Gasteiger partial charge in [-0.05, 0) is 73.8 Å². The molecule has 7 rings (SSSR count). The summed E-state index contributed by atoms with van der Waals surface area (Å²) in [6.45, 7) is 0. The number of nitrogens with one attached hydrogen (secondary N) is 2. The summed E-state index contributed by atoms with van der Waals surface area (Å²) >= 11 is 6.79. The van der Waals surface area contributed by atoms with E-state index >= 15 is 0 Å². The maximum absolute atomic E-state index is 13.9. The van der Waals surface area contributed by atoms with E-state index in [0.717, 1.165) is 48.6 Å². The third-order valence-electron chi connectivity index (χ3n) is 8.61. The largest absolute Gasteiger partial charge is 0.381 e. The van der Waals surface area contributed by atoms with Gasteiger partial charge < -0.3 is 10.6 Å². The average Bonchev–Trinajstić information content (AvgIpc) is 3.69. The van der Waals surface area contributed by atoms with Crippen molar-refractivity contribution in [1.29, 1.82) is 5.26 Å². The van der Waals surface area contributed by atoms with E-state index < -0.39 is 6.02 Å². The number of aromatic nitrogens is 4. The molecule has 0 radical (unpaired) electrons. The van der Waals surface area contributed by atoms with Crippen LogP contribution in [0.1, 0.15) is 81.6 Å². The first-order valence-corrected chi connectivity index (χ1v) is 14.5. The Labute approximate surface area is 239 Å². The Morgan fingerprint density at radius 3 is 2.60 bits per heavy atom. The fourth-order valence-corrected chi connectivity index (χ4v) is 6.85. The molecule has 2 aromatic carbocycles. The van der Waals surface area contributed by atoms with Crippen molar-refractivity contribution in [2.45, 2.75) is 69.5 Å². The van der Waals surface area contributed by atoms with Gasteiger partial charge in [-0.2, -0.15) is 5.26 Å². The number of hydrogen-bond donors (Lipinski definition) is 2. The molecule has 9 heteroatoms. The Kier molecular flexibility index (Phi) is 6.25. The van der Waals surface area contributed by atoms with Gasteiger partial charge in [-0.3, -0.25) is 4.98 Å². The SMILES string of the molecule is [2H]C(Nc1cc(Cl)c2ncc(C#N)c(NC3C[C@H]4CCC[C@@H](C3)C4)c2c1)(c1ccc(F)cc1)c1cn(C2CC2)nn1. The summed E-state index contributed by atoms with van der Waals surface area (Å²) < 4.78 is 25.3. The highest BCUT2D eigenvalue weighted by Gasteiger charge is 2.32. The predicted molar refractivity (Wildman–Crippen MR) is 154 cm³/mol. The quantitative estimate of drug-likeness (QED) is 0.246. The van der Waals surface area contributed by atoms with E-state index in [-0.39, 0.29) is 11.9 Å². The number of benzene rings is 2. The second-order valence-corrected chi connectivity index (χ2v) is 12.0. The number of pyridine rings is 1. The fraction of sp³-hybridized carbons (Fsp3) is 0.419. The zero-order valence-electron chi connectivity index (χ0n) is 23.1. The van der Waals surface area contributed by atoms with Crippen molar-refractivity contribution in [1.82, 2.24) is 20.0 Å². The summed E-state index contributed by atoms with van der Waals surface area (Å²) in [6.07, 6.45) is 12.8. The van der Waals surface area contributed by atoms with E-state index in [1.165, 1.54) is 37.8 Å². The molecule has 0 amide bonds. The van der Waals surface area contributed by atoms with Crippen molar-refractivity contribution >= 4 is 33.9 Å². The molecule has 3 fully saturated rings. The van der Waals surface area contributed by atoms with E-state index in [1.807, 2.05) is 6.07 Å².